The number of nitrogens with one attached hydrogen (secondary N) is 2. The molecule has 1 saturated carbocycles. The summed E-state index contributed by atoms with van der Waals surface area (Å²) in [7, 11) is 1.63. The lowest BCUT2D eigenvalue weighted by Gasteiger charge is -2.29. The van der Waals surface area contributed by atoms with Gasteiger partial charge in [0, 0.05) is 42.1 Å². The highest BCUT2D eigenvalue weighted by Crippen LogP contribution is 2.38. The molecule has 9 nitrogen and oxygen atoms in total. The Kier molecular flexibility index (Phi) is 7.72. The van der Waals surface area contributed by atoms with E-state index in [1.807, 2.05) is 37.3 Å². The van der Waals surface area contributed by atoms with Gasteiger partial charge >= 0.3 is 0 Å². The van der Waals surface area contributed by atoms with Gasteiger partial charge in [0.2, 0.25) is 5.75 Å². The molecule has 0 atom stereocenters. The van der Waals surface area contributed by atoms with Crippen LogP contribution in [0.3, 0.4) is 0 Å². The van der Waals surface area contributed by atoms with Gasteiger partial charge in [0.05, 0.1) is 20.3 Å². The highest BCUT2D eigenvalue weighted by molar-refractivity contribution is 7.99. The lowest BCUT2D eigenvalue weighted by atomic mass is 9.97. The average Bonchev–Trinajstić information content (AvgIpc) is 3.58. The van der Waals surface area contributed by atoms with Crippen LogP contribution < -0.4 is 15.0 Å². The van der Waals surface area contributed by atoms with Gasteiger partial charge < -0.3 is 19.7 Å². The molecular weight excluding hydrogens is 476 g/mol. The number of hydrogen-bond acceptors (Lipinski definition) is 9. The molecule has 2 aliphatic rings. The number of carbonyl (C=O) groups is 1. The highest BCUT2D eigenvalue weighted by Gasteiger charge is 2.24. The number of morpholine rings is 1. The normalized spacial score (nSPS) is 16.3. The van der Waals surface area contributed by atoms with Gasteiger partial charge in [-0.25, -0.2) is 9.97 Å². The second-order valence-electron chi connectivity index (χ2n) is 9.24. The molecule has 1 aromatic carbocycles. The number of methoxy groups -OCH3 is 1. The van der Waals surface area contributed by atoms with Crippen molar-refractivity contribution >= 4 is 35.0 Å². The molecule has 0 amide bonds. The third-order valence-corrected chi connectivity index (χ3v) is 7.49. The summed E-state index contributed by atoms with van der Waals surface area (Å²) in [4.78, 5) is 25.4. The first kappa shape index (κ1) is 24.6. The topological polar surface area (TPSA) is 105 Å². The summed E-state index contributed by atoms with van der Waals surface area (Å²) >= 11 is 1.48. The van der Waals surface area contributed by atoms with E-state index in [1.165, 1.54) is 24.6 Å². The van der Waals surface area contributed by atoms with E-state index in [0.29, 0.717) is 48.0 Å². The van der Waals surface area contributed by atoms with E-state index in [9.17, 15) is 4.79 Å². The second kappa shape index (κ2) is 11.3. The molecule has 0 unspecified atom stereocenters. The number of carbonyl (C=O) groups excluding carboxylic acids is 1. The average molecular weight is 509 g/mol. The van der Waals surface area contributed by atoms with Crippen molar-refractivity contribution in [3.8, 4) is 5.75 Å². The molecule has 1 saturated heterocycles. The van der Waals surface area contributed by atoms with Crippen molar-refractivity contribution in [1.29, 1.82) is 0 Å². The van der Waals surface area contributed by atoms with Gasteiger partial charge in [-0.15, -0.1) is 0 Å². The maximum Gasteiger partial charge on any atom is 0.204 e. The minimum atomic E-state index is 0.245. The zero-order valence-corrected chi connectivity index (χ0v) is 21.6. The van der Waals surface area contributed by atoms with E-state index in [0.717, 1.165) is 47.9 Å². The molecule has 3 heterocycles. The van der Waals surface area contributed by atoms with Crippen LogP contribution in [0.15, 0.2) is 40.4 Å². The number of ketones is 1. The molecular formula is C26H32N6O3S. The number of rotatable bonds is 9. The van der Waals surface area contributed by atoms with Gasteiger partial charge in [0.15, 0.2) is 22.6 Å². The quantitative estimate of drug-likeness (QED) is 0.403. The number of aromatic nitrogens is 4. The largest absolute Gasteiger partial charge is 0.490 e. The minimum absolute atomic E-state index is 0.245. The van der Waals surface area contributed by atoms with Crippen LogP contribution in [0.5, 0.6) is 5.75 Å². The summed E-state index contributed by atoms with van der Waals surface area (Å²) in [5, 5.41) is 11.1. The van der Waals surface area contributed by atoms with Crippen molar-refractivity contribution < 1.29 is 14.3 Å². The Bertz CT molecular complexity index is 1190. The molecule has 0 bridgehead atoms. The van der Waals surface area contributed by atoms with Crippen LogP contribution in [-0.4, -0.2) is 59.4 Å². The Morgan fingerprint density at radius 2 is 1.94 bits per heavy atom. The molecule has 0 spiro atoms. The first-order valence-electron chi connectivity index (χ1n) is 12.5. The number of aromatic amines is 1. The van der Waals surface area contributed by atoms with Crippen LogP contribution in [0.25, 0.3) is 0 Å². The number of aryl methyl sites for hydroxylation is 1. The molecule has 36 heavy (non-hydrogen) atoms. The van der Waals surface area contributed by atoms with Crippen molar-refractivity contribution in [3.05, 3.63) is 41.6 Å². The number of benzene rings is 1. The van der Waals surface area contributed by atoms with Crippen LogP contribution in [0.4, 0.5) is 17.5 Å². The molecule has 5 rings (SSSR count). The molecule has 0 radical (unpaired) electrons. The molecule has 190 valence electrons. The Morgan fingerprint density at radius 1 is 1.19 bits per heavy atom. The minimum Gasteiger partial charge on any atom is -0.490 e. The third-order valence-electron chi connectivity index (χ3n) is 6.62. The molecule has 2 aromatic heterocycles. The van der Waals surface area contributed by atoms with Crippen molar-refractivity contribution in [2.45, 2.75) is 49.1 Å². The molecule has 2 fully saturated rings. The molecule has 2 N–H and O–H groups in total. The molecule has 1 aliphatic carbocycles. The Morgan fingerprint density at radius 3 is 2.61 bits per heavy atom. The highest BCUT2D eigenvalue weighted by atomic mass is 32.2. The van der Waals surface area contributed by atoms with Crippen LogP contribution in [0.2, 0.25) is 0 Å². The Balaban J connectivity index is 1.38. The lowest BCUT2D eigenvalue weighted by molar-refractivity contribution is -0.122. The zero-order valence-electron chi connectivity index (χ0n) is 20.7. The Labute approximate surface area is 215 Å². The van der Waals surface area contributed by atoms with Crippen molar-refractivity contribution in [2.24, 2.45) is 5.92 Å². The monoisotopic (exact) mass is 508 g/mol. The molecule has 1 aliphatic heterocycles. The van der Waals surface area contributed by atoms with Gasteiger partial charge in [0.1, 0.15) is 5.78 Å². The number of H-pyrrole nitrogens is 1. The van der Waals surface area contributed by atoms with E-state index < -0.39 is 0 Å². The van der Waals surface area contributed by atoms with E-state index in [4.69, 9.17) is 19.4 Å². The van der Waals surface area contributed by atoms with Gasteiger partial charge in [0.25, 0.3) is 0 Å². The fourth-order valence-electron chi connectivity index (χ4n) is 4.70. The fourth-order valence-corrected chi connectivity index (χ4v) is 5.46. The first-order valence-corrected chi connectivity index (χ1v) is 13.3. The summed E-state index contributed by atoms with van der Waals surface area (Å²) < 4.78 is 11.3. The fraction of sp³-hybridized carbons (Fsp3) is 0.462. The van der Waals surface area contributed by atoms with Crippen LogP contribution >= 0.6 is 11.8 Å². The SMILES string of the molecule is COc1c(Nc2cc(C)[nH]n2)nc(Sc2ccc(CC(=O)C3CCCC3)cc2)nc1N1CCOCC1. The zero-order chi connectivity index (χ0) is 24.9. The van der Waals surface area contributed by atoms with Crippen LogP contribution in [-0.2, 0) is 16.0 Å². The summed E-state index contributed by atoms with van der Waals surface area (Å²) in [6, 6.07) is 10.1. The maximum absolute atomic E-state index is 12.6. The van der Waals surface area contributed by atoms with Gasteiger partial charge in [-0.05, 0) is 49.2 Å². The summed E-state index contributed by atoms with van der Waals surface area (Å²) in [5.41, 5.74) is 2.00. The van der Waals surface area contributed by atoms with E-state index in [2.05, 4.69) is 20.4 Å². The summed E-state index contributed by atoms with van der Waals surface area (Å²) in [5.74, 6) is 3.13. The molecule has 10 heteroatoms. The van der Waals surface area contributed by atoms with Gasteiger partial charge in [-0.2, -0.15) is 5.10 Å². The molecule has 3 aromatic rings. The number of anilines is 3. The third kappa shape index (κ3) is 5.82. The smallest absolute Gasteiger partial charge is 0.204 e. The van der Waals surface area contributed by atoms with E-state index in [1.54, 1.807) is 7.11 Å². The van der Waals surface area contributed by atoms with Crippen LogP contribution in [0.1, 0.15) is 36.9 Å². The lowest BCUT2D eigenvalue weighted by Crippen LogP contribution is -2.37. The second-order valence-corrected chi connectivity index (χ2v) is 10.3. The first-order chi connectivity index (χ1) is 17.6. The number of ether oxygens (including phenoxy) is 2. The van der Waals surface area contributed by atoms with Gasteiger partial charge in [-0.1, -0.05) is 25.0 Å². The van der Waals surface area contributed by atoms with Crippen molar-refractivity contribution in [1.82, 2.24) is 20.2 Å². The number of hydrogen-bond donors (Lipinski definition) is 2. The standard InChI is InChI=1S/C26H32N6O3S/c1-17-15-22(31-30-17)27-24-23(34-2)25(32-11-13-35-14-12-32)29-26(28-24)36-20-9-7-18(8-10-20)16-21(33)19-5-3-4-6-19/h7-10,15,19H,3-6,11-14,16H2,1-2H3,(H2,27,28,29,30,31). The van der Waals surface area contributed by atoms with Crippen LogP contribution in [0, 0.1) is 12.8 Å². The predicted octanol–water partition coefficient (Wildman–Crippen LogP) is 4.55. The maximum atomic E-state index is 12.6. The number of Topliss-reactive ketones (excluding diaryl/α,β-unsaturated/α-hetero) is 1. The van der Waals surface area contributed by atoms with Crippen molar-refractivity contribution in [3.63, 3.8) is 0 Å². The number of nitrogens with zero attached hydrogens (tertiary/aromatic N) is 4. The van der Waals surface area contributed by atoms with Gasteiger partial charge in [-0.3, -0.25) is 9.89 Å². The Hall–Kier alpha value is -3.11. The van der Waals surface area contributed by atoms with E-state index >= 15 is 0 Å². The summed E-state index contributed by atoms with van der Waals surface area (Å²) in [6.45, 7) is 4.67. The predicted molar refractivity (Wildman–Crippen MR) is 139 cm³/mol. The van der Waals surface area contributed by atoms with Crippen molar-refractivity contribution in [2.75, 3.05) is 43.6 Å². The van der Waals surface area contributed by atoms with E-state index in [-0.39, 0.29) is 5.92 Å². The summed E-state index contributed by atoms with van der Waals surface area (Å²) in [6.07, 6.45) is 4.95.